The summed E-state index contributed by atoms with van der Waals surface area (Å²) in [6.07, 6.45) is 10.8. The summed E-state index contributed by atoms with van der Waals surface area (Å²) in [4.78, 5) is 0. The lowest BCUT2D eigenvalue weighted by molar-refractivity contribution is 0.381. The van der Waals surface area contributed by atoms with E-state index in [0.717, 1.165) is 11.1 Å². The van der Waals surface area contributed by atoms with Crippen LogP contribution in [-0.4, -0.2) is 14.7 Å². The minimum atomic E-state index is -1.89. The molecule has 2 rings (SSSR count). The second kappa shape index (κ2) is 4.54. The third-order valence-electron chi connectivity index (χ3n) is 4.14. The summed E-state index contributed by atoms with van der Waals surface area (Å²) in [7, 11) is -0.0280. The number of halogens is 1. The molecule has 0 bridgehead atoms. The Morgan fingerprint density at radius 1 is 0.929 bits per heavy atom. The van der Waals surface area contributed by atoms with E-state index >= 15 is 0 Å². The lowest BCUT2D eigenvalue weighted by Crippen LogP contribution is -2.40. The summed E-state index contributed by atoms with van der Waals surface area (Å²) >= 11 is 6.85. The summed E-state index contributed by atoms with van der Waals surface area (Å²) in [5.74, 6) is 0. The fourth-order valence-electron chi connectivity index (χ4n) is 3.31. The zero-order valence-corrected chi connectivity index (χ0v) is 10.9. The van der Waals surface area contributed by atoms with Gasteiger partial charge in [0.1, 0.15) is 0 Å². The lowest BCUT2D eigenvalue weighted by atomic mass is 10.3. The monoisotopic (exact) mass is 232 g/mol. The Balaban J connectivity index is 2.06. The molecule has 0 unspecified atom stereocenters. The minimum absolute atomic E-state index is 0.747. The van der Waals surface area contributed by atoms with Crippen LogP contribution in [0.4, 0.5) is 0 Å². The predicted octanol–water partition coefficient (Wildman–Crippen LogP) is 4.20. The fraction of sp³-hybridized carbons (Fsp3) is 1.00. The van der Waals surface area contributed by atoms with Crippen LogP contribution in [0.25, 0.3) is 0 Å². The van der Waals surface area contributed by atoms with Crippen molar-refractivity contribution in [3.05, 3.63) is 0 Å². The first kappa shape index (κ1) is 11.0. The summed E-state index contributed by atoms with van der Waals surface area (Å²) in [6.45, 7) is 0. The Bertz CT molecular complexity index is 170. The van der Waals surface area contributed by atoms with Gasteiger partial charge in [-0.15, -0.1) is 11.1 Å². The summed E-state index contributed by atoms with van der Waals surface area (Å²) in [5.41, 5.74) is 1.49. The van der Waals surface area contributed by atoms with Crippen LogP contribution < -0.4 is 0 Å². The molecule has 2 saturated carbocycles. The average molecular weight is 233 g/mol. The van der Waals surface area contributed by atoms with E-state index in [4.69, 9.17) is 15.5 Å². The van der Waals surface area contributed by atoms with Crippen molar-refractivity contribution in [1.29, 1.82) is 0 Å². The van der Waals surface area contributed by atoms with E-state index in [2.05, 4.69) is 0 Å². The molecule has 3 heteroatoms. The quantitative estimate of drug-likeness (QED) is 0.524. The maximum absolute atomic E-state index is 6.85. The second-order valence-electron chi connectivity index (χ2n) is 4.86. The van der Waals surface area contributed by atoms with Gasteiger partial charge in [0.25, 0.3) is 7.63 Å². The van der Waals surface area contributed by atoms with Gasteiger partial charge in [0, 0.05) is 7.11 Å². The first-order valence-corrected chi connectivity index (χ1v) is 9.09. The van der Waals surface area contributed by atoms with Crippen molar-refractivity contribution in [3.63, 3.8) is 0 Å². The van der Waals surface area contributed by atoms with Crippen molar-refractivity contribution < 1.29 is 4.43 Å². The molecule has 0 aromatic carbocycles. The smallest absolute Gasteiger partial charge is 0.295 e. The maximum atomic E-state index is 6.85. The summed E-state index contributed by atoms with van der Waals surface area (Å²) in [6, 6.07) is 0. The molecule has 0 aliphatic heterocycles. The minimum Gasteiger partial charge on any atom is -0.406 e. The Kier molecular flexibility index (Phi) is 3.56. The molecule has 0 spiro atoms. The van der Waals surface area contributed by atoms with E-state index in [-0.39, 0.29) is 0 Å². The van der Waals surface area contributed by atoms with E-state index in [0.29, 0.717) is 0 Å². The van der Waals surface area contributed by atoms with Gasteiger partial charge in [-0.05, 0) is 36.8 Å². The van der Waals surface area contributed by atoms with Crippen molar-refractivity contribution in [2.45, 2.75) is 62.4 Å². The molecule has 0 radical (unpaired) electrons. The number of rotatable bonds is 3. The lowest BCUT2D eigenvalue weighted by Gasteiger charge is -2.34. The molecule has 0 saturated heterocycles. The SMILES string of the molecule is CO[Si](Cl)(C1CCCC1)C1CCCC1. The Morgan fingerprint density at radius 3 is 1.57 bits per heavy atom. The van der Waals surface area contributed by atoms with Crippen LogP contribution in [0.15, 0.2) is 0 Å². The second-order valence-corrected chi connectivity index (χ2v) is 10.1. The van der Waals surface area contributed by atoms with Crippen LogP contribution in [0.2, 0.25) is 11.1 Å². The molecule has 0 N–H and O–H groups in total. The molecule has 2 aliphatic carbocycles. The van der Waals surface area contributed by atoms with Crippen molar-refractivity contribution in [1.82, 2.24) is 0 Å². The summed E-state index contributed by atoms with van der Waals surface area (Å²) in [5, 5.41) is 0. The molecule has 2 fully saturated rings. The van der Waals surface area contributed by atoms with Gasteiger partial charge in [0.2, 0.25) is 0 Å². The third kappa shape index (κ3) is 1.89. The van der Waals surface area contributed by atoms with Crippen LogP contribution in [0, 0.1) is 0 Å². The van der Waals surface area contributed by atoms with Crippen LogP contribution in [0.5, 0.6) is 0 Å². The Hall–Kier alpha value is 0.467. The van der Waals surface area contributed by atoms with Crippen LogP contribution in [-0.2, 0) is 4.43 Å². The van der Waals surface area contributed by atoms with Gasteiger partial charge in [-0.2, -0.15) is 0 Å². The first-order chi connectivity index (χ1) is 6.77. The molecular weight excluding hydrogens is 212 g/mol. The molecule has 82 valence electrons. The highest BCUT2D eigenvalue weighted by atomic mass is 35.6. The Labute approximate surface area is 93.0 Å². The van der Waals surface area contributed by atoms with Crippen molar-refractivity contribution in [2.75, 3.05) is 7.11 Å². The third-order valence-corrected chi connectivity index (χ3v) is 10.5. The van der Waals surface area contributed by atoms with Gasteiger partial charge in [-0.3, -0.25) is 0 Å². The van der Waals surface area contributed by atoms with E-state index in [1.807, 2.05) is 7.11 Å². The highest BCUT2D eigenvalue weighted by Gasteiger charge is 2.49. The van der Waals surface area contributed by atoms with Gasteiger partial charge in [0.15, 0.2) is 0 Å². The topological polar surface area (TPSA) is 9.23 Å². The average Bonchev–Trinajstić information content (AvgIpc) is 2.88. The zero-order valence-electron chi connectivity index (χ0n) is 9.10. The van der Waals surface area contributed by atoms with Crippen molar-refractivity contribution in [3.8, 4) is 0 Å². The highest BCUT2D eigenvalue weighted by molar-refractivity contribution is 7.18. The standard InChI is InChI=1S/C11H21ClOSi/c1-13-14(12,10-6-2-3-7-10)11-8-4-5-9-11/h10-11H,2-9H2,1H3. The van der Waals surface area contributed by atoms with Gasteiger partial charge < -0.3 is 4.43 Å². The maximum Gasteiger partial charge on any atom is 0.295 e. The van der Waals surface area contributed by atoms with Crippen molar-refractivity contribution in [2.24, 2.45) is 0 Å². The van der Waals surface area contributed by atoms with E-state index in [1.165, 1.54) is 51.4 Å². The summed E-state index contributed by atoms with van der Waals surface area (Å²) < 4.78 is 5.81. The van der Waals surface area contributed by atoms with Crippen LogP contribution >= 0.6 is 11.1 Å². The van der Waals surface area contributed by atoms with E-state index in [1.54, 1.807) is 0 Å². The van der Waals surface area contributed by atoms with E-state index in [9.17, 15) is 0 Å². The molecule has 0 amide bonds. The van der Waals surface area contributed by atoms with Gasteiger partial charge >= 0.3 is 0 Å². The normalized spacial score (nSPS) is 26.1. The van der Waals surface area contributed by atoms with Gasteiger partial charge in [-0.25, -0.2) is 0 Å². The molecule has 1 nitrogen and oxygen atoms in total. The fourth-order valence-corrected chi connectivity index (χ4v) is 8.34. The Morgan fingerprint density at radius 2 is 1.29 bits per heavy atom. The molecule has 0 atom stereocenters. The molecule has 0 aromatic rings. The number of hydrogen-bond acceptors (Lipinski definition) is 1. The molecular formula is C11H21ClOSi. The molecule has 2 aliphatic rings. The van der Waals surface area contributed by atoms with Crippen LogP contribution in [0.3, 0.4) is 0 Å². The largest absolute Gasteiger partial charge is 0.406 e. The predicted molar refractivity (Wildman–Crippen MR) is 63.1 cm³/mol. The van der Waals surface area contributed by atoms with Gasteiger partial charge in [-0.1, -0.05) is 25.7 Å². The number of hydrogen-bond donors (Lipinski definition) is 0. The first-order valence-electron chi connectivity index (χ1n) is 6.01. The van der Waals surface area contributed by atoms with Crippen LogP contribution in [0.1, 0.15) is 51.4 Å². The molecule has 0 aromatic heterocycles. The van der Waals surface area contributed by atoms with E-state index < -0.39 is 7.63 Å². The van der Waals surface area contributed by atoms with Crippen molar-refractivity contribution >= 4 is 18.7 Å². The molecule has 0 heterocycles. The highest BCUT2D eigenvalue weighted by Crippen LogP contribution is 2.51. The zero-order chi connectivity index (χ0) is 10.0. The van der Waals surface area contributed by atoms with Gasteiger partial charge in [0.05, 0.1) is 0 Å². The molecule has 14 heavy (non-hydrogen) atoms.